The van der Waals surface area contributed by atoms with Crippen molar-refractivity contribution in [1.29, 1.82) is 0 Å². The Labute approximate surface area is 171 Å². The second-order valence-corrected chi connectivity index (χ2v) is 8.26. The van der Waals surface area contributed by atoms with Crippen molar-refractivity contribution in [2.24, 2.45) is 0 Å². The Hall–Kier alpha value is -2.64. The number of hydrogen-bond acceptors (Lipinski definition) is 5. The SMILES string of the molecule is Cc1nc2c3ccccc3nc(SC(C)C(=O)Nc3cc(Cl)ccc3C)n2n1. The lowest BCUT2D eigenvalue weighted by Crippen LogP contribution is -2.23. The fourth-order valence-corrected chi connectivity index (χ4v) is 3.92. The number of carbonyl (C=O) groups is 1. The number of nitrogens with zero attached hydrogens (tertiary/aromatic N) is 4. The Balaban J connectivity index is 1.65. The molecule has 28 heavy (non-hydrogen) atoms. The highest BCUT2D eigenvalue weighted by molar-refractivity contribution is 8.00. The summed E-state index contributed by atoms with van der Waals surface area (Å²) in [5.41, 5.74) is 3.22. The van der Waals surface area contributed by atoms with Gasteiger partial charge in [0.25, 0.3) is 0 Å². The first-order chi connectivity index (χ1) is 13.4. The van der Waals surface area contributed by atoms with E-state index in [1.807, 2.05) is 51.1 Å². The van der Waals surface area contributed by atoms with Crippen molar-refractivity contribution in [2.45, 2.75) is 31.2 Å². The van der Waals surface area contributed by atoms with Gasteiger partial charge in [0.2, 0.25) is 5.91 Å². The molecule has 0 aliphatic rings. The number of thioether (sulfide) groups is 1. The first-order valence-electron chi connectivity index (χ1n) is 8.78. The van der Waals surface area contributed by atoms with Crippen molar-refractivity contribution in [3.63, 3.8) is 0 Å². The summed E-state index contributed by atoms with van der Waals surface area (Å²) in [5, 5.41) is 9.15. The second kappa shape index (κ2) is 7.41. The highest BCUT2D eigenvalue weighted by atomic mass is 35.5. The van der Waals surface area contributed by atoms with Crippen LogP contribution in [0, 0.1) is 13.8 Å². The minimum Gasteiger partial charge on any atom is -0.325 e. The summed E-state index contributed by atoms with van der Waals surface area (Å²) in [5.74, 6) is 0.530. The van der Waals surface area contributed by atoms with Crippen LogP contribution < -0.4 is 5.32 Å². The lowest BCUT2D eigenvalue weighted by atomic mass is 10.2. The molecule has 1 unspecified atom stereocenters. The smallest absolute Gasteiger partial charge is 0.237 e. The fraction of sp³-hybridized carbons (Fsp3) is 0.200. The number of fused-ring (bicyclic) bond motifs is 3. The van der Waals surface area contributed by atoms with Crippen LogP contribution in [0.3, 0.4) is 0 Å². The number of rotatable bonds is 4. The van der Waals surface area contributed by atoms with Crippen molar-refractivity contribution in [3.05, 3.63) is 58.9 Å². The van der Waals surface area contributed by atoms with E-state index < -0.39 is 0 Å². The summed E-state index contributed by atoms with van der Waals surface area (Å²) < 4.78 is 1.71. The number of halogens is 1. The fourth-order valence-electron chi connectivity index (χ4n) is 2.88. The molecule has 142 valence electrons. The van der Waals surface area contributed by atoms with Crippen LogP contribution in [-0.4, -0.2) is 30.7 Å². The molecule has 4 rings (SSSR count). The van der Waals surface area contributed by atoms with Gasteiger partial charge in [-0.3, -0.25) is 4.79 Å². The topological polar surface area (TPSA) is 72.2 Å². The van der Waals surface area contributed by atoms with Crippen LogP contribution in [0.15, 0.2) is 47.6 Å². The molecule has 0 radical (unpaired) electrons. The van der Waals surface area contributed by atoms with Crippen LogP contribution in [0.1, 0.15) is 18.3 Å². The molecule has 4 aromatic rings. The van der Waals surface area contributed by atoms with Crippen LogP contribution in [0.5, 0.6) is 0 Å². The second-order valence-electron chi connectivity index (χ2n) is 6.51. The highest BCUT2D eigenvalue weighted by Crippen LogP contribution is 2.28. The van der Waals surface area contributed by atoms with Gasteiger partial charge in [0.05, 0.1) is 10.8 Å². The minimum absolute atomic E-state index is 0.129. The molecule has 0 bridgehead atoms. The molecule has 0 aliphatic heterocycles. The van der Waals surface area contributed by atoms with Crippen molar-refractivity contribution in [2.75, 3.05) is 5.32 Å². The maximum Gasteiger partial charge on any atom is 0.237 e. The Kier molecular flexibility index (Phi) is 4.95. The predicted molar refractivity (Wildman–Crippen MR) is 113 cm³/mol. The zero-order valence-corrected chi connectivity index (χ0v) is 17.2. The number of amides is 1. The first-order valence-corrected chi connectivity index (χ1v) is 10.0. The van der Waals surface area contributed by atoms with Crippen molar-refractivity contribution >= 4 is 51.5 Å². The molecule has 6 nitrogen and oxygen atoms in total. The van der Waals surface area contributed by atoms with Gasteiger partial charge < -0.3 is 5.32 Å². The molecule has 2 aromatic carbocycles. The van der Waals surface area contributed by atoms with Crippen molar-refractivity contribution < 1.29 is 4.79 Å². The molecular weight excluding hydrogens is 394 g/mol. The van der Waals surface area contributed by atoms with Crippen LogP contribution in [0.4, 0.5) is 5.69 Å². The number of benzene rings is 2. The van der Waals surface area contributed by atoms with Crippen molar-refractivity contribution in [3.8, 4) is 0 Å². The van der Waals surface area contributed by atoms with Gasteiger partial charge in [-0.2, -0.15) is 4.52 Å². The molecule has 2 aromatic heterocycles. The largest absolute Gasteiger partial charge is 0.325 e. The Morgan fingerprint density at radius 2 is 1.96 bits per heavy atom. The Bertz CT molecular complexity index is 1210. The summed E-state index contributed by atoms with van der Waals surface area (Å²) in [6.45, 7) is 5.61. The van der Waals surface area contributed by atoms with Crippen LogP contribution in [0.25, 0.3) is 16.6 Å². The summed E-state index contributed by atoms with van der Waals surface area (Å²) in [4.78, 5) is 22.0. The van der Waals surface area contributed by atoms with Gasteiger partial charge in [-0.05, 0) is 50.6 Å². The van der Waals surface area contributed by atoms with E-state index in [1.165, 1.54) is 11.8 Å². The maximum absolute atomic E-state index is 12.7. The monoisotopic (exact) mass is 411 g/mol. The predicted octanol–water partition coefficient (Wildman–Crippen LogP) is 4.67. The molecule has 1 atom stereocenters. The first kappa shape index (κ1) is 18.7. The van der Waals surface area contributed by atoms with Gasteiger partial charge in [-0.15, -0.1) is 5.10 Å². The van der Waals surface area contributed by atoms with E-state index in [0.29, 0.717) is 21.7 Å². The normalized spacial score (nSPS) is 12.4. The quantitative estimate of drug-likeness (QED) is 0.390. The van der Waals surface area contributed by atoms with Gasteiger partial charge in [-0.1, -0.05) is 41.6 Å². The van der Waals surface area contributed by atoms with Gasteiger partial charge in [0.15, 0.2) is 10.8 Å². The van der Waals surface area contributed by atoms with Gasteiger partial charge in [0.1, 0.15) is 5.82 Å². The molecular formula is C20H18ClN5OS. The van der Waals surface area contributed by atoms with Gasteiger partial charge >= 0.3 is 0 Å². The van der Waals surface area contributed by atoms with E-state index in [2.05, 4.69) is 15.4 Å². The summed E-state index contributed by atoms with van der Waals surface area (Å²) in [6.07, 6.45) is 0. The summed E-state index contributed by atoms with van der Waals surface area (Å²) >= 11 is 7.39. The molecule has 1 N–H and O–H groups in total. The number of carbonyl (C=O) groups excluding carboxylic acids is 1. The number of hydrogen-bond donors (Lipinski definition) is 1. The summed E-state index contributed by atoms with van der Waals surface area (Å²) in [7, 11) is 0. The van der Waals surface area contributed by atoms with E-state index in [9.17, 15) is 4.79 Å². The minimum atomic E-state index is -0.389. The molecule has 0 aliphatic carbocycles. The zero-order valence-electron chi connectivity index (χ0n) is 15.6. The number of aryl methyl sites for hydroxylation is 2. The molecule has 0 fully saturated rings. The molecule has 2 heterocycles. The van der Waals surface area contributed by atoms with E-state index in [4.69, 9.17) is 16.6 Å². The Morgan fingerprint density at radius 3 is 2.79 bits per heavy atom. The van der Waals surface area contributed by atoms with E-state index >= 15 is 0 Å². The number of aromatic nitrogens is 4. The third kappa shape index (κ3) is 3.55. The third-order valence-corrected chi connectivity index (χ3v) is 5.64. The van der Waals surface area contributed by atoms with E-state index in [1.54, 1.807) is 16.6 Å². The molecule has 8 heteroatoms. The van der Waals surface area contributed by atoms with E-state index in [-0.39, 0.29) is 11.2 Å². The summed E-state index contributed by atoms with van der Waals surface area (Å²) in [6, 6.07) is 13.2. The van der Waals surface area contributed by atoms with Crippen LogP contribution in [-0.2, 0) is 4.79 Å². The van der Waals surface area contributed by atoms with Gasteiger partial charge in [-0.25, -0.2) is 9.97 Å². The van der Waals surface area contributed by atoms with Crippen molar-refractivity contribution in [1.82, 2.24) is 19.6 Å². The molecule has 1 amide bonds. The van der Waals surface area contributed by atoms with E-state index in [0.717, 1.165) is 22.1 Å². The average Bonchev–Trinajstić information content (AvgIpc) is 3.07. The average molecular weight is 412 g/mol. The maximum atomic E-state index is 12.7. The highest BCUT2D eigenvalue weighted by Gasteiger charge is 2.20. The number of para-hydroxylation sites is 1. The lowest BCUT2D eigenvalue weighted by molar-refractivity contribution is -0.115. The lowest BCUT2D eigenvalue weighted by Gasteiger charge is -2.14. The molecule has 0 saturated carbocycles. The third-order valence-electron chi connectivity index (χ3n) is 4.36. The zero-order chi connectivity index (χ0) is 19.8. The Morgan fingerprint density at radius 1 is 1.18 bits per heavy atom. The van der Waals surface area contributed by atoms with Crippen LogP contribution in [0.2, 0.25) is 5.02 Å². The molecule has 0 spiro atoms. The number of nitrogens with one attached hydrogen (secondary N) is 1. The van der Waals surface area contributed by atoms with Crippen LogP contribution >= 0.6 is 23.4 Å². The number of anilines is 1. The molecule has 0 saturated heterocycles. The van der Waals surface area contributed by atoms with Gasteiger partial charge in [0, 0.05) is 16.1 Å². The standard InChI is InChI=1S/C20H18ClN5OS/c1-11-8-9-14(21)10-17(11)23-19(27)12(2)28-20-24-16-7-5-4-6-15(16)18-22-13(3)25-26(18)20/h4-10,12H,1-3H3,(H,23,27).